The highest BCUT2D eigenvalue weighted by atomic mass is 35.5. The van der Waals surface area contributed by atoms with Gasteiger partial charge in [0.15, 0.2) is 0 Å². The number of likely N-dealkylation sites (tertiary alicyclic amines) is 1. The molecule has 1 aromatic carbocycles. The zero-order valence-electron chi connectivity index (χ0n) is 16.5. The molecule has 1 amide bonds. The Labute approximate surface area is 180 Å². The van der Waals surface area contributed by atoms with Gasteiger partial charge in [0, 0.05) is 47.2 Å². The Morgan fingerprint density at radius 2 is 1.86 bits per heavy atom. The van der Waals surface area contributed by atoms with Gasteiger partial charge in [0.25, 0.3) is 0 Å². The molecule has 6 heteroatoms. The number of hydrogen-bond acceptors (Lipinski definition) is 4. The Kier molecular flexibility index (Phi) is 6.26. The number of rotatable bonds is 5. The molecule has 0 atom stereocenters. The molecule has 29 heavy (non-hydrogen) atoms. The molecule has 0 saturated carbocycles. The van der Waals surface area contributed by atoms with Crippen LogP contribution >= 0.6 is 22.9 Å². The van der Waals surface area contributed by atoms with Crippen molar-refractivity contribution in [1.82, 2.24) is 14.9 Å². The number of carbonyl (C=O) groups is 1. The Morgan fingerprint density at radius 3 is 2.55 bits per heavy atom. The van der Waals surface area contributed by atoms with Crippen molar-refractivity contribution < 1.29 is 4.79 Å². The van der Waals surface area contributed by atoms with Gasteiger partial charge in [-0.15, -0.1) is 11.3 Å². The summed E-state index contributed by atoms with van der Waals surface area (Å²) in [5.41, 5.74) is 4.30. The highest BCUT2D eigenvalue weighted by Crippen LogP contribution is 2.27. The Balaban J connectivity index is 1.34. The van der Waals surface area contributed by atoms with Gasteiger partial charge in [-0.25, -0.2) is 4.98 Å². The van der Waals surface area contributed by atoms with E-state index in [2.05, 4.69) is 23.2 Å². The van der Waals surface area contributed by atoms with Gasteiger partial charge < -0.3 is 4.90 Å². The van der Waals surface area contributed by atoms with Gasteiger partial charge in [-0.1, -0.05) is 29.8 Å². The number of halogens is 1. The van der Waals surface area contributed by atoms with Crippen molar-refractivity contribution in [2.45, 2.75) is 38.5 Å². The fraction of sp³-hybridized carbons (Fsp3) is 0.348. The zero-order chi connectivity index (χ0) is 20.2. The molecule has 0 N–H and O–H groups in total. The fourth-order valence-corrected chi connectivity index (χ4v) is 4.55. The van der Waals surface area contributed by atoms with E-state index in [1.165, 1.54) is 5.56 Å². The molecule has 0 unspecified atom stereocenters. The first-order chi connectivity index (χ1) is 14.1. The third-order valence-corrected chi connectivity index (χ3v) is 6.47. The van der Waals surface area contributed by atoms with Crippen LogP contribution in [0.15, 0.2) is 47.8 Å². The fourth-order valence-electron chi connectivity index (χ4n) is 3.82. The number of benzene rings is 1. The lowest BCUT2D eigenvalue weighted by Gasteiger charge is -2.32. The van der Waals surface area contributed by atoms with E-state index in [1.54, 1.807) is 11.3 Å². The summed E-state index contributed by atoms with van der Waals surface area (Å²) in [6.45, 7) is 3.55. The van der Waals surface area contributed by atoms with E-state index in [-0.39, 0.29) is 5.91 Å². The van der Waals surface area contributed by atoms with E-state index in [9.17, 15) is 4.79 Å². The molecular formula is C23H24ClN3OS. The molecule has 0 radical (unpaired) electrons. The highest BCUT2D eigenvalue weighted by Gasteiger charge is 2.25. The van der Waals surface area contributed by atoms with Crippen LogP contribution in [-0.4, -0.2) is 33.9 Å². The molecule has 0 spiro atoms. The van der Waals surface area contributed by atoms with Crippen LogP contribution in [0.25, 0.3) is 0 Å². The van der Waals surface area contributed by atoms with Gasteiger partial charge in [-0.3, -0.25) is 9.78 Å². The van der Waals surface area contributed by atoms with Crippen molar-refractivity contribution in [2.24, 2.45) is 0 Å². The standard InChI is InChI=1S/C23H24ClN3OS/c1-16-25-21(15-29-16)14-23(28)27-11-9-18(10-12-27)22-4-2-3-20(26-22)13-17-5-7-19(24)8-6-17/h2-8,15,18H,9-14H2,1H3. The molecule has 4 nitrogen and oxygen atoms in total. The second kappa shape index (κ2) is 9.06. The van der Waals surface area contributed by atoms with Gasteiger partial charge in [-0.05, 0) is 49.6 Å². The van der Waals surface area contributed by atoms with Crippen LogP contribution in [0.3, 0.4) is 0 Å². The molecule has 2 aromatic heterocycles. The predicted octanol–water partition coefficient (Wildman–Crippen LogP) is 5.04. The molecule has 1 fully saturated rings. The molecule has 1 saturated heterocycles. The van der Waals surface area contributed by atoms with E-state index in [0.29, 0.717) is 12.3 Å². The number of piperidine rings is 1. The minimum absolute atomic E-state index is 0.179. The predicted molar refractivity (Wildman–Crippen MR) is 118 cm³/mol. The van der Waals surface area contributed by atoms with Crippen LogP contribution in [0.4, 0.5) is 0 Å². The first-order valence-corrected chi connectivity index (χ1v) is 11.2. The number of hydrogen-bond donors (Lipinski definition) is 0. The first-order valence-electron chi connectivity index (χ1n) is 9.96. The number of carbonyl (C=O) groups excluding carboxylic acids is 1. The Bertz CT molecular complexity index is 978. The van der Waals surface area contributed by atoms with Crippen molar-refractivity contribution in [2.75, 3.05) is 13.1 Å². The van der Waals surface area contributed by atoms with Gasteiger partial charge in [-0.2, -0.15) is 0 Å². The molecule has 0 aliphatic carbocycles. The molecule has 1 aliphatic heterocycles. The van der Waals surface area contributed by atoms with E-state index in [0.717, 1.165) is 59.5 Å². The number of nitrogens with zero attached hydrogens (tertiary/aromatic N) is 3. The number of amides is 1. The Hall–Kier alpha value is -2.24. The summed E-state index contributed by atoms with van der Waals surface area (Å²) in [7, 11) is 0. The van der Waals surface area contributed by atoms with Crippen molar-refractivity contribution >= 4 is 28.8 Å². The lowest BCUT2D eigenvalue weighted by Crippen LogP contribution is -2.39. The first kappa shape index (κ1) is 20.0. The van der Waals surface area contributed by atoms with Crippen LogP contribution in [0.2, 0.25) is 5.02 Å². The number of aromatic nitrogens is 2. The van der Waals surface area contributed by atoms with E-state index in [1.807, 2.05) is 41.5 Å². The van der Waals surface area contributed by atoms with Gasteiger partial charge in [0.05, 0.1) is 17.1 Å². The molecular weight excluding hydrogens is 402 g/mol. The van der Waals surface area contributed by atoms with Crippen molar-refractivity contribution in [3.63, 3.8) is 0 Å². The van der Waals surface area contributed by atoms with E-state index in [4.69, 9.17) is 16.6 Å². The van der Waals surface area contributed by atoms with Crippen molar-refractivity contribution in [1.29, 1.82) is 0 Å². The molecule has 4 rings (SSSR count). The maximum atomic E-state index is 12.6. The normalized spacial score (nSPS) is 14.9. The maximum absolute atomic E-state index is 12.6. The van der Waals surface area contributed by atoms with Gasteiger partial charge >= 0.3 is 0 Å². The average molecular weight is 426 g/mol. The monoisotopic (exact) mass is 425 g/mol. The third-order valence-electron chi connectivity index (χ3n) is 5.39. The van der Waals surface area contributed by atoms with Gasteiger partial charge in [0.1, 0.15) is 0 Å². The lowest BCUT2D eigenvalue weighted by molar-refractivity contribution is -0.131. The maximum Gasteiger partial charge on any atom is 0.228 e. The number of aryl methyl sites for hydroxylation is 1. The molecule has 150 valence electrons. The van der Waals surface area contributed by atoms with Crippen LogP contribution in [0.1, 0.15) is 46.4 Å². The summed E-state index contributed by atoms with van der Waals surface area (Å²) in [4.78, 5) is 23.9. The third kappa shape index (κ3) is 5.22. The topological polar surface area (TPSA) is 46.1 Å². The SMILES string of the molecule is Cc1nc(CC(=O)N2CCC(c3cccc(Cc4ccc(Cl)cc4)n3)CC2)cs1. The smallest absolute Gasteiger partial charge is 0.228 e. The largest absolute Gasteiger partial charge is 0.342 e. The lowest BCUT2D eigenvalue weighted by atomic mass is 9.92. The quantitative estimate of drug-likeness (QED) is 0.575. The average Bonchev–Trinajstić information content (AvgIpc) is 3.14. The summed E-state index contributed by atoms with van der Waals surface area (Å²) in [5, 5.41) is 3.74. The van der Waals surface area contributed by atoms with Crippen LogP contribution in [0, 0.1) is 6.92 Å². The Morgan fingerprint density at radius 1 is 1.10 bits per heavy atom. The van der Waals surface area contributed by atoms with Crippen LogP contribution in [-0.2, 0) is 17.6 Å². The van der Waals surface area contributed by atoms with Crippen molar-refractivity contribution in [3.8, 4) is 0 Å². The number of thiazole rings is 1. The van der Waals surface area contributed by atoms with E-state index < -0.39 is 0 Å². The van der Waals surface area contributed by atoms with Crippen molar-refractivity contribution in [3.05, 3.63) is 80.5 Å². The summed E-state index contributed by atoms with van der Waals surface area (Å²) < 4.78 is 0. The van der Waals surface area contributed by atoms with Gasteiger partial charge in [0.2, 0.25) is 5.91 Å². The molecule has 3 aromatic rings. The van der Waals surface area contributed by atoms with E-state index >= 15 is 0 Å². The van der Waals surface area contributed by atoms with Crippen LogP contribution in [0.5, 0.6) is 0 Å². The molecule has 0 bridgehead atoms. The molecule has 3 heterocycles. The zero-order valence-corrected chi connectivity index (χ0v) is 18.0. The second-order valence-electron chi connectivity index (χ2n) is 7.55. The number of pyridine rings is 1. The minimum Gasteiger partial charge on any atom is -0.342 e. The molecule has 1 aliphatic rings. The summed E-state index contributed by atoms with van der Waals surface area (Å²) in [5.74, 6) is 0.587. The highest BCUT2D eigenvalue weighted by molar-refractivity contribution is 7.09. The summed E-state index contributed by atoms with van der Waals surface area (Å²) >= 11 is 7.57. The minimum atomic E-state index is 0.179. The second-order valence-corrected chi connectivity index (χ2v) is 9.05. The van der Waals surface area contributed by atoms with Crippen LogP contribution < -0.4 is 0 Å². The summed E-state index contributed by atoms with van der Waals surface area (Å²) in [6, 6.07) is 14.2. The summed E-state index contributed by atoms with van der Waals surface area (Å²) in [6.07, 6.45) is 3.12.